The second kappa shape index (κ2) is 9.86. The number of carbonyl (C=O) groups excluding carboxylic acids is 1. The predicted molar refractivity (Wildman–Crippen MR) is 123 cm³/mol. The number of likely N-dealkylation sites (tertiary alicyclic amines) is 1. The number of nitrogens with zero attached hydrogens (tertiary/aromatic N) is 3. The smallest absolute Gasteiger partial charge is 0.257 e. The highest BCUT2D eigenvalue weighted by molar-refractivity contribution is 5.95. The lowest BCUT2D eigenvalue weighted by molar-refractivity contribution is 0.0693. The number of piperidine rings is 1. The molecule has 1 aliphatic carbocycles. The largest absolute Gasteiger partial charge is 0.496 e. The number of aromatic nitrogens is 2. The molecule has 1 saturated carbocycles. The molecule has 6 heteroatoms. The molecule has 2 heterocycles. The first-order valence-electron chi connectivity index (χ1n) is 11.7. The van der Waals surface area contributed by atoms with Crippen LogP contribution in [-0.2, 0) is 6.54 Å². The standard InChI is InChI=1S/C25H36N4O2/c1-18-11-12-23(31-3)20(14-18)17-29-13-7-8-19(16-29)24-22(15-26-27-24)25(30)28(2)21-9-5-4-6-10-21/h11-12,14-15,19,21H,4-10,13,16-17H2,1-3H3,(H,26,27). The predicted octanol–water partition coefficient (Wildman–Crippen LogP) is 4.51. The fourth-order valence-corrected chi connectivity index (χ4v) is 5.31. The average Bonchev–Trinajstić information content (AvgIpc) is 3.29. The van der Waals surface area contributed by atoms with Crippen LogP contribution in [0.25, 0.3) is 0 Å². The van der Waals surface area contributed by atoms with Crippen LogP contribution in [0.5, 0.6) is 5.75 Å². The Balaban J connectivity index is 1.46. The van der Waals surface area contributed by atoms with Gasteiger partial charge in [0.15, 0.2) is 0 Å². The van der Waals surface area contributed by atoms with Gasteiger partial charge < -0.3 is 9.64 Å². The van der Waals surface area contributed by atoms with E-state index >= 15 is 0 Å². The van der Waals surface area contributed by atoms with Crippen LogP contribution >= 0.6 is 0 Å². The third-order valence-corrected chi connectivity index (χ3v) is 7.09. The van der Waals surface area contributed by atoms with Gasteiger partial charge in [0.1, 0.15) is 5.75 Å². The van der Waals surface area contributed by atoms with Gasteiger partial charge in [0, 0.05) is 37.7 Å². The summed E-state index contributed by atoms with van der Waals surface area (Å²) in [5, 5.41) is 7.46. The van der Waals surface area contributed by atoms with Crippen molar-refractivity contribution < 1.29 is 9.53 Å². The number of hydrogen-bond donors (Lipinski definition) is 1. The Morgan fingerprint density at radius 2 is 2.03 bits per heavy atom. The highest BCUT2D eigenvalue weighted by Gasteiger charge is 2.30. The summed E-state index contributed by atoms with van der Waals surface area (Å²) in [6.07, 6.45) is 9.90. The summed E-state index contributed by atoms with van der Waals surface area (Å²) < 4.78 is 5.58. The Morgan fingerprint density at radius 1 is 1.23 bits per heavy atom. The summed E-state index contributed by atoms with van der Waals surface area (Å²) in [7, 11) is 3.70. The summed E-state index contributed by atoms with van der Waals surface area (Å²) in [6.45, 7) is 4.97. The number of ether oxygens (including phenoxy) is 1. The first-order valence-corrected chi connectivity index (χ1v) is 11.7. The van der Waals surface area contributed by atoms with E-state index in [2.05, 4.69) is 40.2 Å². The van der Waals surface area contributed by atoms with Crippen molar-refractivity contribution in [2.45, 2.75) is 70.4 Å². The van der Waals surface area contributed by atoms with Gasteiger partial charge in [0.2, 0.25) is 0 Å². The van der Waals surface area contributed by atoms with Gasteiger partial charge in [-0.25, -0.2) is 0 Å². The van der Waals surface area contributed by atoms with E-state index < -0.39 is 0 Å². The summed E-state index contributed by atoms with van der Waals surface area (Å²) in [5.41, 5.74) is 4.24. The Bertz CT molecular complexity index is 887. The minimum absolute atomic E-state index is 0.119. The van der Waals surface area contributed by atoms with E-state index in [0.717, 1.165) is 62.3 Å². The van der Waals surface area contributed by atoms with Crippen LogP contribution in [0, 0.1) is 6.92 Å². The third kappa shape index (κ3) is 4.95. The monoisotopic (exact) mass is 424 g/mol. The van der Waals surface area contributed by atoms with Crippen molar-refractivity contribution in [1.82, 2.24) is 20.0 Å². The Morgan fingerprint density at radius 3 is 2.81 bits per heavy atom. The van der Waals surface area contributed by atoms with E-state index in [9.17, 15) is 4.79 Å². The summed E-state index contributed by atoms with van der Waals surface area (Å²) >= 11 is 0. The Kier molecular flexibility index (Phi) is 6.96. The SMILES string of the molecule is COc1ccc(C)cc1CN1CCCC(c2[nH]ncc2C(=O)N(C)C2CCCCC2)C1. The molecule has 4 rings (SSSR count). The molecular formula is C25H36N4O2. The van der Waals surface area contributed by atoms with E-state index in [0.29, 0.717) is 12.0 Å². The number of amides is 1. The normalized spacial score (nSPS) is 20.5. The molecule has 168 valence electrons. The molecule has 0 radical (unpaired) electrons. The highest BCUT2D eigenvalue weighted by Crippen LogP contribution is 2.31. The maximum absolute atomic E-state index is 13.3. The zero-order valence-corrected chi connectivity index (χ0v) is 19.2. The zero-order chi connectivity index (χ0) is 21.8. The number of rotatable bonds is 6. The molecule has 0 spiro atoms. The molecule has 1 aliphatic heterocycles. The van der Waals surface area contributed by atoms with Crippen LogP contribution in [0.3, 0.4) is 0 Å². The number of benzene rings is 1. The van der Waals surface area contributed by atoms with Crippen LogP contribution in [0.15, 0.2) is 24.4 Å². The number of nitrogens with one attached hydrogen (secondary N) is 1. The molecule has 0 bridgehead atoms. The zero-order valence-electron chi connectivity index (χ0n) is 19.2. The van der Waals surface area contributed by atoms with E-state index in [-0.39, 0.29) is 5.91 Å². The average molecular weight is 425 g/mol. The second-order valence-electron chi connectivity index (χ2n) is 9.29. The van der Waals surface area contributed by atoms with Crippen molar-refractivity contribution >= 4 is 5.91 Å². The van der Waals surface area contributed by atoms with Gasteiger partial charge in [0.25, 0.3) is 5.91 Å². The first kappa shape index (κ1) is 21.9. The van der Waals surface area contributed by atoms with Crippen LogP contribution in [0.2, 0.25) is 0 Å². The summed E-state index contributed by atoms with van der Waals surface area (Å²) in [5.74, 6) is 1.36. The minimum Gasteiger partial charge on any atom is -0.496 e. The number of aromatic amines is 1. The van der Waals surface area contributed by atoms with E-state index in [1.165, 1.54) is 30.4 Å². The lowest BCUT2D eigenvalue weighted by Gasteiger charge is -2.34. The Labute approximate surface area is 186 Å². The number of methoxy groups -OCH3 is 1. The van der Waals surface area contributed by atoms with Crippen molar-refractivity contribution in [3.05, 3.63) is 46.8 Å². The lowest BCUT2D eigenvalue weighted by Crippen LogP contribution is -2.39. The maximum Gasteiger partial charge on any atom is 0.257 e. The molecule has 2 fully saturated rings. The molecule has 1 saturated heterocycles. The van der Waals surface area contributed by atoms with E-state index in [1.54, 1.807) is 13.3 Å². The van der Waals surface area contributed by atoms with Crippen molar-refractivity contribution in [2.75, 3.05) is 27.2 Å². The quantitative estimate of drug-likeness (QED) is 0.741. The number of H-pyrrole nitrogens is 1. The fourth-order valence-electron chi connectivity index (χ4n) is 5.31. The van der Waals surface area contributed by atoms with Crippen molar-refractivity contribution in [2.24, 2.45) is 0 Å². The number of carbonyl (C=O) groups is 1. The van der Waals surface area contributed by atoms with Crippen LogP contribution in [-0.4, -0.2) is 59.2 Å². The topological polar surface area (TPSA) is 61.5 Å². The molecule has 1 amide bonds. The molecule has 1 atom stereocenters. The third-order valence-electron chi connectivity index (χ3n) is 7.09. The number of aryl methyl sites for hydroxylation is 1. The summed E-state index contributed by atoms with van der Waals surface area (Å²) in [4.78, 5) is 17.7. The second-order valence-corrected chi connectivity index (χ2v) is 9.29. The molecule has 2 aliphatic rings. The lowest BCUT2D eigenvalue weighted by atomic mass is 9.91. The molecule has 1 aromatic heterocycles. The molecule has 1 N–H and O–H groups in total. The molecule has 2 aromatic rings. The van der Waals surface area contributed by atoms with E-state index in [4.69, 9.17) is 4.74 Å². The van der Waals surface area contributed by atoms with Crippen molar-refractivity contribution in [3.63, 3.8) is 0 Å². The van der Waals surface area contributed by atoms with E-state index in [1.807, 2.05) is 11.9 Å². The van der Waals surface area contributed by atoms with Gasteiger partial charge in [-0.1, -0.05) is 37.0 Å². The van der Waals surface area contributed by atoms with Crippen LogP contribution in [0.4, 0.5) is 0 Å². The van der Waals surface area contributed by atoms with Gasteiger partial charge in [0.05, 0.1) is 24.6 Å². The van der Waals surface area contributed by atoms with Crippen LogP contribution in [0.1, 0.15) is 78.0 Å². The van der Waals surface area contributed by atoms with Gasteiger partial charge in [-0.15, -0.1) is 0 Å². The van der Waals surface area contributed by atoms with Gasteiger partial charge in [-0.3, -0.25) is 14.8 Å². The highest BCUT2D eigenvalue weighted by atomic mass is 16.5. The first-order chi connectivity index (χ1) is 15.1. The van der Waals surface area contributed by atoms with Gasteiger partial charge >= 0.3 is 0 Å². The molecule has 1 unspecified atom stereocenters. The molecule has 31 heavy (non-hydrogen) atoms. The number of hydrogen-bond acceptors (Lipinski definition) is 4. The molecule has 6 nitrogen and oxygen atoms in total. The maximum atomic E-state index is 13.3. The summed E-state index contributed by atoms with van der Waals surface area (Å²) in [6, 6.07) is 6.72. The van der Waals surface area contributed by atoms with Crippen molar-refractivity contribution in [1.29, 1.82) is 0 Å². The van der Waals surface area contributed by atoms with Gasteiger partial charge in [-0.2, -0.15) is 5.10 Å². The fraction of sp³-hybridized carbons (Fsp3) is 0.600. The minimum atomic E-state index is 0.119. The van der Waals surface area contributed by atoms with Crippen LogP contribution < -0.4 is 4.74 Å². The van der Waals surface area contributed by atoms with Gasteiger partial charge in [-0.05, 0) is 45.2 Å². The molecular weight excluding hydrogens is 388 g/mol. The Hall–Kier alpha value is -2.34. The van der Waals surface area contributed by atoms with Crippen molar-refractivity contribution in [3.8, 4) is 5.75 Å². The molecule has 1 aromatic carbocycles.